The number of carboxylic acid groups (broad SMARTS) is 1. The molecule has 72 valence electrons. The molecule has 1 N–H and O–H groups in total. The van der Waals surface area contributed by atoms with Crippen molar-refractivity contribution in [1.29, 1.82) is 0 Å². The average molecular weight is 202 g/mol. The molecule has 13 heavy (non-hydrogen) atoms. The highest BCUT2D eigenvalue weighted by Crippen LogP contribution is 1.99. The van der Waals surface area contributed by atoms with Gasteiger partial charge in [-0.3, -0.25) is 0 Å². The van der Waals surface area contributed by atoms with Crippen molar-refractivity contribution < 1.29 is 26.9 Å². The molecule has 0 spiro atoms. The molecule has 0 aliphatic carbocycles. The van der Waals surface area contributed by atoms with Crippen LogP contribution in [-0.2, 0) is 11.3 Å². The Balaban J connectivity index is 0.00000144. The fraction of sp³-hybridized carbons (Fsp3) is 0.333. The molecule has 0 saturated heterocycles. The lowest BCUT2D eigenvalue weighted by Gasteiger charge is -1.96. The number of hydrogen-bond donors (Lipinski definition) is 1. The second-order valence-corrected chi connectivity index (χ2v) is 2.88. The quantitative estimate of drug-likeness (QED) is 0.546. The van der Waals surface area contributed by atoms with E-state index >= 15 is 0 Å². The number of nitrogens with zero attached hydrogens (tertiary/aromatic N) is 1. The molecule has 0 bridgehead atoms. The van der Waals surface area contributed by atoms with Gasteiger partial charge in [0.05, 0.1) is 0 Å². The summed E-state index contributed by atoms with van der Waals surface area (Å²) in [6, 6.07) is 1.91. The van der Waals surface area contributed by atoms with E-state index in [-0.39, 0.29) is 19.0 Å². The van der Waals surface area contributed by atoms with E-state index in [0.29, 0.717) is 0 Å². The normalized spacial score (nSPS) is 9.08. The van der Waals surface area contributed by atoms with Crippen LogP contribution < -0.4 is 17.0 Å². The molecule has 0 radical (unpaired) electrons. The first kappa shape index (κ1) is 11.9. The molecule has 0 aromatic carbocycles. The summed E-state index contributed by atoms with van der Waals surface area (Å²) in [5.74, 6) is -0.816. The van der Waals surface area contributed by atoms with Crippen LogP contribution in [-0.4, -0.2) is 11.1 Å². The van der Waals surface area contributed by atoms with Gasteiger partial charge in [-0.25, -0.2) is 4.79 Å². The molecule has 1 aromatic rings. The summed E-state index contributed by atoms with van der Waals surface area (Å²) in [5, 5.41) is 8.51. The average Bonchev–Trinajstić information content (AvgIpc) is 1.96. The van der Waals surface area contributed by atoms with Gasteiger partial charge in [-0.1, -0.05) is 0 Å². The topological polar surface area (TPSA) is 41.2 Å². The number of carboxylic acids is 1. The molecular formula is C9H12ClNO2. The van der Waals surface area contributed by atoms with Crippen LogP contribution in [0.2, 0.25) is 0 Å². The molecule has 0 unspecified atom stereocenters. The van der Waals surface area contributed by atoms with Crippen LogP contribution in [0.15, 0.2) is 18.5 Å². The van der Waals surface area contributed by atoms with Gasteiger partial charge in [0.1, 0.15) is 0 Å². The zero-order valence-electron chi connectivity index (χ0n) is 7.62. The Morgan fingerprint density at radius 2 is 2.08 bits per heavy atom. The lowest BCUT2D eigenvalue weighted by molar-refractivity contribution is -0.686. The highest BCUT2D eigenvalue weighted by Gasteiger charge is 2.07. The molecule has 3 nitrogen and oxygen atoms in total. The minimum absolute atomic E-state index is 0. The Morgan fingerprint density at radius 3 is 2.54 bits per heavy atom. The smallest absolute Gasteiger partial charge is 0.370 e. The van der Waals surface area contributed by atoms with Gasteiger partial charge < -0.3 is 17.5 Å². The van der Waals surface area contributed by atoms with Gasteiger partial charge in [0, 0.05) is 11.6 Å². The first-order chi connectivity index (χ1) is 5.59. The lowest BCUT2D eigenvalue weighted by atomic mass is 10.2. The van der Waals surface area contributed by atoms with Crippen LogP contribution in [0.5, 0.6) is 0 Å². The third-order valence-corrected chi connectivity index (χ3v) is 1.82. The summed E-state index contributed by atoms with van der Waals surface area (Å²) in [6.45, 7) is 4.00. The van der Waals surface area contributed by atoms with E-state index in [4.69, 9.17) is 5.11 Å². The van der Waals surface area contributed by atoms with Gasteiger partial charge >= 0.3 is 5.97 Å². The maximum Gasteiger partial charge on any atom is 0.370 e. The number of halogens is 1. The van der Waals surface area contributed by atoms with E-state index in [1.54, 1.807) is 10.8 Å². The van der Waals surface area contributed by atoms with Crippen molar-refractivity contribution in [3.05, 3.63) is 29.6 Å². The van der Waals surface area contributed by atoms with Gasteiger partial charge in [-0.2, -0.15) is 4.57 Å². The number of aromatic nitrogens is 1. The summed E-state index contributed by atoms with van der Waals surface area (Å²) < 4.78 is 1.66. The lowest BCUT2D eigenvalue weighted by Crippen LogP contribution is -3.00. The monoisotopic (exact) mass is 201 g/mol. The molecule has 0 aliphatic heterocycles. The maximum atomic E-state index is 10.3. The zero-order valence-corrected chi connectivity index (χ0v) is 8.38. The van der Waals surface area contributed by atoms with Gasteiger partial charge in [0.25, 0.3) is 0 Å². The molecule has 0 amide bonds. The Hall–Kier alpha value is -1.09. The number of hydrogen-bond acceptors (Lipinski definition) is 1. The molecule has 0 fully saturated rings. The SMILES string of the molecule is Cc1cc[n+](CC(=O)O)cc1C.[Cl-]. The summed E-state index contributed by atoms with van der Waals surface area (Å²) in [6.07, 6.45) is 3.61. The highest BCUT2D eigenvalue weighted by molar-refractivity contribution is 5.64. The fourth-order valence-electron chi connectivity index (χ4n) is 0.987. The van der Waals surface area contributed by atoms with E-state index in [9.17, 15) is 4.79 Å². The zero-order chi connectivity index (χ0) is 9.14. The predicted octanol–water partition coefficient (Wildman–Crippen LogP) is -2.32. The molecule has 1 heterocycles. The van der Waals surface area contributed by atoms with Crippen molar-refractivity contribution in [2.45, 2.75) is 20.4 Å². The molecule has 4 heteroatoms. The Bertz CT molecular complexity index is 312. The number of rotatable bonds is 2. The molecule has 0 saturated carbocycles. The minimum atomic E-state index is -0.816. The van der Waals surface area contributed by atoms with Crippen LogP contribution >= 0.6 is 0 Å². The summed E-state index contributed by atoms with van der Waals surface area (Å²) >= 11 is 0. The third kappa shape index (κ3) is 3.42. The van der Waals surface area contributed by atoms with Crippen molar-refractivity contribution in [1.82, 2.24) is 0 Å². The number of carbonyl (C=O) groups is 1. The van der Waals surface area contributed by atoms with Crippen molar-refractivity contribution in [3.8, 4) is 0 Å². The largest absolute Gasteiger partial charge is 1.00 e. The van der Waals surface area contributed by atoms with Crippen molar-refractivity contribution in [2.24, 2.45) is 0 Å². The van der Waals surface area contributed by atoms with Crippen LogP contribution in [0.25, 0.3) is 0 Å². The van der Waals surface area contributed by atoms with E-state index in [1.807, 2.05) is 26.1 Å². The number of pyridine rings is 1. The number of aryl methyl sites for hydroxylation is 2. The minimum Gasteiger partial charge on any atom is -1.00 e. The first-order valence-electron chi connectivity index (χ1n) is 3.77. The molecule has 1 aromatic heterocycles. The highest BCUT2D eigenvalue weighted by atomic mass is 35.5. The van der Waals surface area contributed by atoms with Crippen molar-refractivity contribution in [2.75, 3.05) is 0 Å². The van der Waals surface area contributed by atoms with Gasteiger partial charge in [-0.15, -0.1) is 0 Å². The van der Waals surface area contributed by atoms with Crippen molar-refractivity contribution in [3.63, 3.8) is 0 Å². The molecule has 1 rings (SSSR count). The summed E-state index contributed by atoms with van der Waals surface area (Å²) in [5.41, 5.74) is 2.29. The second-order valence-electron chi connectivity index (χ2n) is 2.88. The van der Waals surface area contributed by atoms with E-state index in [1.165, 1.54) is 5.56 Å². The van der Waals surface area contributed by atoms with Crippen LogP contribution in [0, 0.1) is 13.8 Å². The van der Waals surface area contributed by atoms with Gasteiger partial charge in [0.2, 0.25) is 6.54 Å². The fourth-order valence-corrected chi connectivity index (χ4v) is 0.987. The molecular weight excluding hydrogens is 190 g/mol. The van der Waals surface area contributed by atoms with Crippen LogP contribution in [0.4, 0.5) is 0 Å². The second kappa shape index (κ2) is 4.82. The van der Waals surface area contributed by atoms with E-state index in [0.717, 1.165) is 5.56 Å². The Morgan fingerprint density at radius 1 is 1.46 bits per heavy atom. The van der Waals surface area contributed by atoms with Crippen molar-refractivity contribution >= 4 is 5.97 Å². The van der Waals surface area contributed by atoms with Crippen LogP contribution in [0.3, 0.4) is 0 Å². The standard InChI is InChI=1S/C9H11NO2.ClH/c1-7-3-4-10(5-8(7)2)6-9(11)12;/h3-5H,6H2,1-2H3;1H. The first-order valence-corrected chi connectivity index (χ1v) is 3.77. The predicted molar refractivity (Wildman–Crippen MR) is 43.7 cm³/mol. The van der Waals surface area contributed by atoms with Gasteiger partial charge in [0.15, 0.2) is 12.4 Å². The Kier molecular flexibility index (Phi) is 4.42. The summed E-state index contributed by atoms with van der Waals surface area (Å²) in [7, 11) is 0. The van der Waals surface area contributed by atoms with E-state index in [2.05, 4.69) is 0 Å². The number of aliphatic carboxylic acids is 1. The molecule has 0 aliphatic rings. The Labute approximate surface area is 83.4 Å². The summed E-state index contributed by atoms with van der Waals surface area (Å²) in [4.78, 5) is 10.3. The van der Waals surface area contributed by atoms with Gasteiger partial charge in [-0.05, 0) is 19.4 Å². The van der Waals surface area contributed by atoms with Crippen LogP contribution in [0.1, 0.15) is 11.1 Å². The third-order valence-electron chi connectivity index (χ3n) is 1.82. The maximum absolute atomic E-state index is 10.3. The molecule has 0 atom stereocenters. The van der Waals surface area contributed by atoms with E-state index < -0.39 is 5.97 Å².